The van der Waals surface area contributed by atoms with Crippen LogP contribution >= 0.6 is 22.7 Å². The molecule has 0 saturated carbocycles. The Morgan fingerprint density at radius 1 is 1.27 bits per heavy atom. The average molecular weight is 453 g/mol. The van der Waals surface area contributed by atoms with Crippen LogP contribution in [0.25, 0.3) is 5.70 Å². The van der Waals surface area contributed by atoms with Gasteiger partial charge < -0.3 is 5.32 Å². The third-order valence-electron chi connectivity index (χ3n) is 4.11. The van der Waals surface area contributed by atoms with Gasteiger partial charge >= 0.3 is 6.18 Å². The van der Waals surface area contributed by atoms with Crippen molar-refractivity contribution in [1.82, 2.24) is 10.3 Å². The van der Waals surface area contributed by atoms with Crippen molar-refractivity contribution in [3.8, 4) is 0 Å². The van der Waals surface area contributed by atoms with E-state index >= 15 is 0 Å². The van der Waals surface area contributed by atoms with Gasteiger partial charge in [0.2, 0.25) is 0 Å². The summed E-state index contributed by atoms with van der Waals surface area (Å²) in [4.78, 5) is 22.3. The molecule has 10 heteroatoms. The highest BCUT2D eigenvalue weighted by Gasteiger charge is 2.34. The summed E-state index contributed by atoms with van der Waals surface area (Å²) >= 11 is 2.54. The number of hydrogen-bond donors (Lipinski definition) is 1. The molecule has 156 valence electrons. The van der Waals surface area contributed by atoms with E-state index in [1.807, 2.05) is 0 Å². The first kappa shape index (κ1) is 21.8. The van der Waals surface area contributed by atoms with Crippen LogP contribution in [0.4, 0.5) is 17.6 Å². The van der Waals surface area contributed by atoms with Crippen molar-refractivity contribution < 1.29 is 22.4 Å². The predicted molar refractivity (Wildman–Crippen MR) is 110 cm³/mol. The van der Waals surface area contributed by atoms with E-state index in [0.29, 0.717) is 9.75 Å². The molecule has 30 heavy (non-hydrogen) atoms. The number of carbonyl (C=O) groups excluding carboxylic acids is 1. The van der Waals surface area contributed by atoms with Crippen LogP contribution in [0.2, 0.25) is 0 Å². The number of amides is 1. The highest BCUT2D eigenvalue weighted by Crippen LogP contribution is 2.33. The van der Waals surface area contributed by atoms with Gasteiger partial charge in [0.1, 0.15) is 11.5 Å². The summed E-state index contributed by atoms with van der Waals surface area (Å²) < 4.78 is 53.7. The van der Waals surface area contributed by atoms with Crippen LogP contribution in [-0.2, 0) is 17.5 Å². The molecule has 1 aromatic carbocycles. The summed E-state index contributed by atoms with van der Waals surface area (Å²) in [5.41, 5.74) is 0.865. The van der Waals surface area contributed by atoms with Gasteiger partial charge in [0.15, 0.2) is 0 Å². The molecule has 0 spiro atoms. The van der Waals surface area contributed by atoms with Gasteiger partial charge in [-0.3, -0.25) is 9.78 Å². The van der Waals surface area contributed by atoms with Gasteiger partial charge in [0, 0.05) is 18.3 Å². The molecule has 0 radical (unpaired) electrons. The van der Waals surface area contributed by atoms with E-state index in [1.54, 1.807) is 30.1 Å². The first-order valence-corrected chi connectivity index (χ1v) is 10.3. The minimum Gasteiger partial charge on any atom is -0.346 e. The first-order chi connectivity index (χ1) is 14.2. The lowest BCUT2D eigenvalue weighted by atomic mass is 10.1. The Kier molecular flexibility index (Phi) is 6.47. The second kappa shape index (κ2) is 8.88. The van der Waals surface area contributed by atoms with Gasteiger partial charge in [-0.05, 0) is 36.1 Å². The molecule has 0 unspecified atom stereocenters. The third-order valence-corrected chi connectivity index (χ3v) is 5.95. The number of rotatable bonds is 6. The van der Waals surface area contributed by atoms with E-state index in [-0.39, 0.29) is 11.4 Å². The zero-order chi connectivity index (χ0) is 21.9. The van der Waals surface area contributed by atoms with Crippen molar-refractivity contribution in [2.24, 2.45) is 4.99 Å². The summed E-state index contributed by atoms with van der Waals surface area (Å²) in [5.74, 6) is -1.78. The zero-order valence-electron chi connectivity index (χ0n) is 15.6. The van der Waals surface area contributed by atoms with E-state index in [0.717, 1.165) is 23.8 Å². The maximum atomic E-state index is 14.1. The van der Waals surface area contributed by atoms with Gasteiger partial charge in [-0.2, -0.15) is 13.2 Å². The fourth-order valence-electron chi connectivity index (χ4n) is 2.62. The molecule has 0 atom stereocenters. The molecule has 0 aliphatic carbocycles. The van der Waals surface area contributed by atoms with Crippen LogP contribution in [0.3, 0.4) is 0 Å². The minimum atomic E-state index is -4.75. The molecule has 2 heterocycles. The SMILES string of the molecule is C=C(/N=C(/C(=O)NCc1c(F)cccc1C(F)(F)F)c1sccc1C)c1cncs1. The van der Waals surface area contributed by atoms with E-state index < -0.39 is 35.6 Å². The molecule has 0 fully saturated rings. The maximum absolute atomic E-state index is 14.1. The number of aromatic nitrogens is 1. The highest BCUT2D eigenvalue weighted by atomic mass is 32.1. The quantitative estimate of drug-likeness (QED) is 0.399. The normalized spacial score (nSPS) is 12.1. The van der Waals surface area contributed by atoms with E-state index in [2.05, 4.69) is 21.9 Å². The van der Waals surface area contributed by atoms with Crippen molar-refractivity contribution in [3.05, 3.63) is 80.2 Å². The third kappa shape index (κ3) is 4.82. The van der Waals surface area contributed by atoms with Gasteiger partial charge in [-0.1, -0.05) is 12.6 Å². The highest BCUT2D eigenvalue weighted by molar-refractivity contribution is 7.13. The molecule has 3 rings (SSSR count). The number of nitrogens with zero attached hydrogens (tertiary/aromatic N) is 2. The van der Waals surface area contributed by atoms with Gasteiger partial charge in [-0.15, -0.1) is 22.7 Å². The van der Waals surface area contributed by atoms with Crippen LogP contribution in [-0.4, -0.2) is 16.6 Å². The van der Waals surface area contributed by atoms with Crippen LogP contribution in [0, 0.1) is 12.7 Å². The summed E-state index contributed by atoms with van der Waals surface area (Å²) in [7, 11) is 0. The number of benzene rings is 1. The Bertz CT molecular complexity index is 1100. The number of aliphatic imine (C=N–C) groups is 1. The van der Waals surface area contributed by atoms with Crippen molar-refractivity contribution in [1.29, 1.82) is 0 Å². The predicted octanol–water partition coefficient (Wildman–Crippen LogP) is 5.45. The summed E-state index contributed by atoms with van der Waals surface area (Å²) in [6.07, 6.45) is -3.20. The maximum Gasteiger partial charge on any atom is 0.416 e. The molecule has 3 aromatic rings. The Morgan fingerprint density at radius 2 is 2.03 bits per heavy atom. The number of hydrogen-bond acceptors (Lipinski definition) is 5. The zero-order valence-corrected chi connectivity index (χ0v) is 17.2. The Morgan fingerprint density at radius 3 is 2.63 bits per heavy atom. The van der Waals surface area contributed by atoms with E-state index in [1.165, 1.54) is 22.7 Å². The average Bonchev–Trinajstić information content (AvgIpc) is 3.35. The molecular weight excluding hydrogens is 438 g/mol. The van der Waals surface area contributed by atoms with Crippen molar-refractivity contribution >= 4 is 40.0 Å². The van der Waals surface area contributed by atoms with Crippen LogP contribution < -0.4 is 5.32 Å². The largest absolute Gasteiger partial charge is 0.416 e. The Balaban J connectivity index is 1.91. The monoisotopic (exact) mass is 453 g/mol. The molecule has 0 aliphatic heterocycles. The molecule has 4 nitrogen and oxygen atoms in total. The number of thiophene rings is 1. The lowest BCUT2D eigenvalue weighted by molar-refractivity contribution is -0.138. The summed E-state index contributed by atoms with van der Waals surface area (Å²) in [6, 6.07) is 4.46. The van der Waals surface area contributed by atoms with Crippen molar-refractivity contribution in [2.45, 2.75) is 19.6 Å². The number of aryl methyl sites for hydroxylation is 1. The van der Waals surface area contributed by atoms with Gasteiger partial charge in [0.25, 0.3) is 5.91 Å². The minimum absolute atomic E-state index is 0.00852. The van der Waals surface area contributed by atoms with E-state index in [4.69, 9.17) is 0 Å². The lowest BCUT2D eigenvalue weighted by Gasteiger charge is -2.15. The van der Waals surface area contributed by atoms with Crippen LogP contribution in [0.5, 0.6) is 0 Å². The summed E-state index contributed by atoms with van der Waals surface area (Å²) in [5, 5.41) is 4.13. The molecule has 0 aliphatic rings. The fourth-order valence-corrected chi connectivity index (χ4v) is 4.08. The number of carbonyl (C=O) groups is 1. The van der Waals surface area contributed by atoms with E-state index in [9.17, 15) is 22.4 Å². The van der Waals surface area contributed by atoms with Crippen molar-refractivity contribution in [2.75, 3.05) is 0 Å². The van der Waals surface area contributed by atoms with Gasteiger partial charge in [-0.25, -0.2) is 9.38 Å². The lowest BCUT2D eigenvalue weighted by Crippen LogP contribution is -2.32. The Hall–Kier alpha value is -2.85. The standard InChI is InChI=1S/C20H15F4N3OS2/c1-11-6-7-29-18(11)17(27-12(2)16-9-25-10-30-16)19(28)26-8-13-14(20(22,23)24)4-3-5-15(13)21/h3-7,9-10H,2,8H2,1H3,(H,26,28)/b27-17+. The number of nitrogens with one attached hydrogen (secondary N) is 1. The first-order valence-electron chi connectivity index (χ1n) is 8.52. The summed E-state index contributed by atoms with van der Waals surface area (Å²) in [6.45, 7) is 4.97. The smallest absolute Gasteiger partial charge is 0.346 e. The molecular formula is C20H15F4N3OS2. The molecule has 2 aromatic heterocycles. The van der Waals surface area contributed by atoms with Crippen LogP contribution in [0.15, 0.2) is 52.9 Å². The fraction of sp³-hybridized carbons (Fsp3) is 0.150. The number of alkyl halides is 3. The Labute approximate surface area is 177 Å². The van der Waals surface area contributed by atoms with Crippen molar-refractivity contribution in [3.63, 3.8) is 0 Å². The molecule has 1 amide bonds. The second-order valence-electron chi connectivity index (χ2n) is 6.15. The molecule has 1 N–H and O–H groups in total. The number of halogens is 4. The van der Waals surface area contributed by atoms with Gasteiger partial charge in [0.05, 0.1) is 26.5 Å². The molecule has 0 saturated heterocycles. The second-order valence-corrected chi connectivity index (χ2v) is 7.95. The molecule has 0 bridgehead atoms. The van der Waals surface area contributed by atoms with Crippen LogP contribution in [0.1, 0.15) is 26.4 Å². The topological polar surface area (TPSA) is 54.4 Å². The number of thiazole rings is 1.